The zero-order valence-electron chi connectivity index (χ0n) is 10.2. The van der Waals surface area contributed by atoms with Gasteiger partial charge in [0, 0.05) is 24.8 Å². The summed E-state index contributed by atoms with van der Waals surface area (Å²) < 4.78 is 0. The lowest BCUT2D eigenvalue weighted by molar-refractivity contribution is 0.305. The molecule has 1 fully saturated rings. The van der Waals surface area contributed by atoms with E-state index >= 15 is 0 Å². The lowest BCUT2D eigenvalue weighted by atomic mass is 10.0. The van der Waals surface area contributed by atoms with Crippen molar-refractivity contribution in [3.63, 3.8) is 0 Å². The maximum atomic E-state index is 5.94. The van der Waals surface area contributed by atoms with Gasteiger partial charge in [0.2, 0.25) is 0 Å². The lowest BCUT2D eigenvalue weighted by Gasteiger charge is -2.17. The molecule has 16 heavy (non-hydrogen) atoms. The molecule has 0 aromatic carbocycles. The zero-order valence-corrected chi connectivity index (χ0v) is 10.2. The van der Waals surface area contributed by atoms with Gasteiger partial charge in [-0.25, -0.2) is 0 Å². The van der Waals surface area contributed by atoms with Gasteiger partial charge in [0.15, 0.2) is 0 Å². The summed E-state index contributed by atoms with van der Waals surface area (Å²) in [5.41, 5.74) is 8.20. The Morgan fingerprint density at radius 1 is 1.56 bits per heavy atom. The number of nitrogens with zero attached hydrogens (tertiary/aromatic N) is 2. The fourth-order valence-electron chi connectivity index (χ4n) is 2.35. The normalized spacial score (nSPS) is 23.6. The maximum absolute atomic E-state index is 5.94. The van der Waals surface area contributed by atoms with Crippen LogP contribution in [0.3, 0.4) is 0 Å². The van der Waals surface area contributed by atoms with Crippen molar-refractivity contribution in [3.8, 4) is 0 Å². The van der Waals surface area contributed by atoms with Crippen molar-refractivity contribution in [2.45, 2.75) is 32.9 Å². The molecule has 3 heteroatoms. The van der Waals surface area contributed by atoms with E-state index in [1.807, 2.05) is 13.0 Å². The molecule has 0 saturated carbocycles. The van der Waals surface area contributed by atoms with E-state index in [-0.39, 0.29) is 0 Å². The molecule has 1 aliphatic heterocycles. The molecule has 2 unspecified atom stereocenters. The Balaban J connectivity index is 1.92. The molecule has 0 amide bonds. The SMILES string of the molecule is Cc1cccc(CN2CCC(C(C)N)C2)n1. The van der Waals surface area contributed by atoms with E-state index in [9.17, 15) is 0 Å². The number of rotatable bonds is 3. The van der Waals surface area contributed by atoms with Crippen molar-refractivity contribution in [3.05, 3.63) is 29.6 Å². The van der Waals surface area contributed by atoms with Crippen LogP contribution in [-0.4, -0.2) is 29.0 Å². The second-order valence-electron chi connectivity index (χ2n) is 4.91. The van der Waals surface area contributed by atoms with E-state index in [1.54, 1.807) is 0 Å². The summed E-state index contributed by atoms with van der Waals surface area (Å²) in [7, 11) is 0. The second-order valence-corrected chi connectivity index (χ2v) is 4.91. The number of hydrogen-bond donors (Lipinski definition) is 1. The minimum absolute atomic E-state index is 0.315. The number of nitrogens with two attached hydrogens (primary N) is 1. The van der Waals surface area contributed by atoms with E-state index in [2.05, 4.69) is 28.9 Å². The molecule has 3 nitrogen and oxygen atoms in total. The van der Waals surface area contributed by atoms with Crippen molar-refractivity contribution in [2.24, 2.45) is 11.7 Å². The average Bonchev–Trinajstić information content (AvgIpc) is 2.66. The Bertz CT molecular complexity index is 349. The van der Waals surface area contributed by atoms with Crippen LogP contribution >= 0.6 is 0 Å². The van der Waals surface area contributed by atoms with Crippen LogP contribution in [0.5, 0.6) is 0 Å². The first-order valence-corrected chi connectivity index (χ1v) is 6.05. The minimum Gasteiger partial charge on any atom is -0.328 e. The quantitative estimate of drug-likeness (QED) is 0.839. The van der Waals surface area contributed by atoms with Crippen LogP contribution in [0, 0.1) is 12.8 Å². The molecular weight excluding hydrogens is 198 g/mol. The van der Waals surface area contributed by atoms with Gasteiger partial charge in [-0.3, -0.25) is 9.88 Å². The molecule has 1 aromatic rings. The predicted molar refractivity (Wildman–Crippen MR) is 66.0 cm³/mol. The highest BCUT2D eigenvalue weighted by Crippen LogP contribution is 2.20. The molecule has 88 valence electrons. The Hall–Kier alpha value is -0.930. The van der Waals surface area contributed by atoms with E-state index in [4.69, 9.17) is 5.73 Å². The monoisotopic (exact) mass is 219 g/mol. The number of hydrogen-bond acceptors (Lipinski definition) is 3. The van der Waals surface area contributed by atoms with Crippen LogP contribution in [0.1, 0.15) is 24.7 Å². The third kappa shape index (κ3) is 2.80. The van der Waals surface area contributed by atoms with Crippen LogP contribution in [0.25, 0.3) is 0 Å². The number of likely N-dealkylation sites (tertiary alicyclic amines) is 1. The van der Waals surface area contributed by atoms with Crippen molar-refractivity contribution in [2.75, 3.05) is 13.1 Å². The molecule has 2 heterocycles. The van der Waals surface area contributed by atoms with Crippen molar-refractivity contribution >= 4 is 0 Å². The number of pyridine rings is 1. The van der Waals surface area contributed by atoms with E-state index < -0.39 is 0 Å². The minimum atomic E-state index is 0.315. The van der Waals surface area contributed by atoms with Gasteiger partial charge in [0.1, 0.15) is 0 Å². The highest BCUT2D eigenvalue weighted by molar-refractivity contribution is 5.10. The van der Waals surface area contributed by atoms with Gasteiger partial charge in [-0.15, -0.1) is 0 Å². The van der Waals surface area contributed by atoms with Crippen molar-refractivity contribution in [1.82, 2.24) is 9.88 Å². The third-order valence-corrected chi connectivity index (χ3v) is 3.38. The molecule has 0 spiro atoms. The molecule has 1 saturated heterocycles. The van der Waals surface area contributed by atoms with Crippen LogP contribution in [0.2, 0.25) is 0 Å². The predicted octanol–water partition coefficient (Wildman–Crippen LogP) is 1.56. The van der Waals surface area contributed by atoms with Gasteiger partial charge in [0.05, 0.1) is 5.69 Å². The summed E-state index contributed by atoms with van der Waals surface area (Å²) in [5.74, 6) is 0.657. The Morgan fingerprint density at radius 2 is 2.38 bits per heavy atom. The fraction of sp³-hybridized carbons (Fsp3) is 0.615. The molecule has 0 radical (unpaired) electrons. The van der Waals surface area contributed by atoms with Crippen LogP contribution in [0.15, 0.2) is 18.2 Å². The smallest absolute Gasteiger partial charge is 0.0547 e. The molecule has 2 rings (SSSR count). The first-order valence-electron chi connectivity index (χ1n) is 6.05. The van der Waals surface area contributed by atoms with Crippen molar-refractivity contribution in [1.29, 1.82) is 0 Å². The zero-order chi connectivity index (χ0) is 11.5. The Kier molecular flexibility index (Phi) is 3.56. The molecule has 1 aliphatic rings. The fourth-order valence-corrected chi connectivity index (χ4v) is 2.35. The van der Waals surface area contributed by atoms with Gasteiger partial charge in [-0.2, -0.15) is 0 Å². The first kappa shape index (κ1) is 11.6. The summed E-state index contributed by atoms with van der Waals surface area (Å²) in [6.07, 6.45) is 1.23. The molecule has 2 atom stereocenters. The van der Waals surface area contributed by atoms with Crippen LogP contribution in [-0.2, 0) is 6.54 Å². The van der Waals surface area contributed by atoms with Gasteiger partial charge in [-0.1, -0.05) is 6.07 Å². The largest absolute Gasteiger partial charge is 0.328 e. The highest BCUT2D eigenvalue weighted by atomic mass is 15.2. The highest BCUT2D eigenvalue weighted by Gasteiger charge is 2.25. The number of aryl methyl sites for hydroxylation is 1. The van der Waals surface area contributed by atoms with E-state index in [0.29, 0.717) is 12.0 Å². The molecule has 0 aliphatic carbocycles. The molecule has 0 bridgehead atoms. The summed E-state index contributed by atoms with van der Waals surface area (Å²) in [4.78, 5) is 6.99. The molecule has 2 N–H and O–H groups in total. The Labute approximate surface area is 97.7 Å². The van der Waals surface area contributed by atoms with Crippen molar-refractivity contribution < 1.29 is 0 Å². The third-order valence-electron chi connectivity index (χ3n) is 3.38. The van der Waals surface area contributed by atoms with Gasteiger partial charge < -0.3 is 5.73 Å². The Morgan fingerprint density at radius 3 is 3.00 bits per heavy atom. The summed E-state index contributed by atoms with van der Waals surface area (Å²) >= 11 is 0. The summed E-state index contributed by atoms with van der Waals surface area (Å²) in [6, 6.07) is 6.54. The van der Waals surface area contributed by atoms with Gasteiger partial charge in [0.25, 0.3) is 0 Å². The van der Waals surface area contributed by atoms with Gasteiger partial charge >= 0.3 is 0 Å². The summed E-state index contributed by atoms with van der Waals surface area (Å²) in [6.45, 7) is 7.39. The second kappa shape index (κ2) is 4.93. The maximum Gasteiger partial charge on any atom is 0.0547 e. The van der Waals surface area contributed by atoms with Gasteiger partial charge in [-0.05, 0) is 44.9 Å². The standard InChI is InChI=1S/C13H21N3/c1-10-4-3-5-13(15-10)9-16-7-6-12(8-16)11(2)14/h3-5,11-12H,6-9,14H2,1-2H3. The van der Waals surface area contributed by atoms with E-state index in [1.165, 1.54) is 12.1 Å². The molecule has 1 aromatic heterocycles. The summed E-state index contributed by atoms with van der Waals surface area (Å²) in [5, 5.41) is 0. The van der Waals surface area contributed by atoms with E-state index in [0.717, 1.165) is 25.3 Å². The van der Waals surface area contributed by atoms with Crippen LogP contribution < -0.4 is 5.73 Å². The van der Waals surface area contributed by atoms with Crippen LogP contribution in [0.4, 0.5) is 0 Å². The molecular formula is C13H21N3. The average molecular weight is 219 g/mol. The topological polar surface area (TPSA) is 42.1 Å². The lowest BCUT2D eigenvalue weighted by Crippen LogP contribution is -2.29. The number of aromatic nitrogens is 1. The first-order chi connectivity index (χ1) is 7.65.